The summed E-state index contributed by atoms with van der Waals surface area (Å²) in [5, 5.41) is 0. The van der Waals surface area contributed by atoms with Gasteiger partial charge in [-0.15, -0.1) is 0 Å². The van der Waals surface area contributed by atoms with Crippen LogP contribution in [0.3, 0.4) is 0 Å². The van der Waals surface area contributed by atoms with Crippen molar-refractivity contribution in [3.63, 3.8) is 0 Å². The third-order valence-corrected chi connectivity index (χ3v) is 3.44. The number of para-hydroxylation sites is 2. The van der Waals surface area contributed by atoms with Crippen molar-refractivity contribution >= 4 is 26.0 Å². The Morgan fingerprint density at radius 2 is 1.56 bits per heavy atom. The first-order chi connectivity index (χ1) is 4.47. The molecule has 0 N–H and O–H groups in total. The van der Waals surface area contributed by atoms with E-state index in [4.69, 9.17) is 0 Å². The average Bonchev–Trinajstić information content (AvgIpc) is 2.58. The first-order valence-corrected chi connectivity index (χ1v) is 4.37. The zero-order valence-corrected chi connectivity index (χ0v) is 6.33. The van der Waals surface area contributed by atoms with E-state index < -0.39 is 0 Å². The van der Waals surface area contributed by atoms with E-state index in [1.54, 1.807) is 0 Å². The van der Waals surface area contributed by atoms with Crippen LogP contribution in [0, 0.1) is 0 Å². The van der Waals surface area contributed by atoms with Gasteiger partial charge in [0.15, 0.2) is 0 Å². The van der Waals surface area contributed by atoms with Crippen molar-refractivity contribution in [1.82, 2.24) is 7.02 Å². The molecule has 0 saturated heterocycles. The van der Waals surface area contributed by atoms with Gasteiger partial charge in [-0.25, -0.2) is 0 Å². The maximum atomic E-state index is 2.31. The second-order valence-electron chi connectivity index (χ2n) is 2.12. The van der Waals surface area contributed by atoms with E-state index in [1.165, 1.54) is 11.0 Å². The van der Waals surface area contributed by atoms with Gasteiger partial charge in [0.2, 0.25) is 0 Å². The molecule has 3 aromatic rings. The second-order valence-corrected chi connectivity index (χ2v) is 3.91. The molecule has 2 aromatic heterocycles. The van der Waals surface area contributed by atoms with Gasteiger partial charge >= 0.3 is 57.3 Å². The van der Waals surface area contributed by atoms with E-state index in [0.717, 1.165) is 0 Å². The Bertz CT molecular complexity index is 391. The first-order valence-electron chi connectivity index (χ1n) is 2.84. The van der Waals surface area contributed by atoms with Crippen LogP contribution in [0.15, 0.2) is 24.3 Å². The van der Waals surface area contributed by atoms with Crippen LogP contribution >= 0.6 is 0 Å². The molecule has 0 saturated carbocycles. The molecule has 0 fully saturated rings. The molecule has 0 atom stereocenters. The van der Waals surface area contributed by atoms with Gasteiger partial charge in [0, 0.05) is 0 Å². The molecule has 0 unspecified atom stereocenters. The number of benzene rings is 1. The van der Waals surface area contributed by atoms with E-state index in [-0.39, 0.29) is 0 Å². The Hall–Kier alpha value is -0.661. The van der Waals surface area contributed by atoms with Crippen LogP contribution in [0.25, 0.3) is 11.0 Å². The van der Waals surface area contributed by atoms with Crippen molar-refractivity contribution in [2.45, 2.75) is 0 Å². The summed E-state index contributed by atoms with van der Waals surface area (Å²) in [4.78, 5) is 0. The molecule has 0 spiro atoms. The van der Waals surface area contributed by atoms with Gasteiger partial charge in [-0.05, 0) is 0 Å². The average molecular weight is 183 g/mol. The molecular formula is C6H4N2Se. The molecule has 0 radical (unpaired) electrons. The predicted molar refractivity (Wildman–Crippen MR) is 36.5 cm³/mol. The van der Waals surface area contributed by atoms with Crippen LogP contribution in [0.5, 0.6) is 0 Å². The van der Waals surface area contributed by atoms with Crippen molar-refractivity contribution < 1.29 is 0 Å². The van der Waals surface area contributed by atoms with Crippen LogP contribution in [-0.2, 0) is 0 Å². The summed E-state index contributed by atoms with van der Waals surface area (Å²) in [5.41, 5.74) is 2.83. The number of hydrogen-bond acceptors (Lipinski definition) is 0. The number of hydrogen-bond donors (Lipinski definition) is 0. The molecule has 0 aliphatic rings. The monoisotopic (exact) mass is 184 g/mol. The number of fused-ring (bicyclic) bond motifs is 4. The fourth-order valence-electron chi connectivity index (χ4n) is 1.08. The molecule has 2 nitrogen and oxygen atoms in total. The Balaban J connectivity index is 2.71. The van der Waals surface area contributed by atoms with Crippen LogP contribution in [-0.4, -0.2) is 22.0 Å². The second kappa shape index (κ2) is 1.10. The molecule has 0 bridgehead atoms. The van der Waals surface area contributed by atoms with E-state index >= 15 is 0 Å². The maximum absolute atomic E-state index is 2.31. The van der Waals surface area contributed by atoms with Gasteiger partial charge < -0.3 is 0 Å². The summed E-state index contributed by atoms with van der Waals surface area (Å²) in [5.74, 6) is 0. The topological polar surface area (TPSA) is 8.82 Å². The summed E-state index contributed by atoms with van der Waals surface area (Å²) in [7, 11) is 0. The molecular weight excluding hydrogens is 179 g/mol. The van der Waals surface area contributed by atoms with Crippen LogP contribution in [0.2, 0.25) is 0 Å². The molecule has 0 aliphatic heterocycles. The van der Waals surface area contributed by atoms with Gasteiger partial charge in [0.05, 0.1) is 0 Å². The quantitative estimate of drug-likeness (QED) is 0.453. The summed E-state index contributed by atoms with van der Waals surface area (Å²) in [6.07, 6.45) is 0. The Kier molecular flexibility index (Phi) is 0.516. The van der Waals surface area contributed by atoms with Crippen molar-refractivity contribution in [1.29, 1.82) is 0 Å². The Labute approximate surface area is 57.8 Å². The summed E-state index contributed by atoms with van der Waals surface area (Å²) in [6.45, 7) is 0. The summed E-state index contributed by atoms with van der Waals surface area (Å²) in [6, 6.07) is 8.51. The van der Waals surface area contributed by atoms with Crippen molar-refractivity contribution in [3.05, 3.63) is 24.3 Å². The van der Waals surface area contributed by atoms with Crippen molar-refractivity contribution in [2.24, 2.45) is 0 Å². The predicted octanol–water partition coefficient (Wildman–Crippen LogP) is 0.687. The Morgan fingerprint density at radius 1 is 1.00 bits per heavy atom. The van der Waals surface area contributed by atoms with E-state index in [1.807, 2.05) is 0 Å². The number of aromatic nitrogens is 2. The number of nitrogens with zero attached hydrogens (tertiary/aromatic N) is 2. The molecule has 0 amide bonds. The van der Waals surface area contributed by atoms with Gasteiger partial charge in [-0.3, -0.25) is 0 Å². The van der Waals surface area contributed by atoms with E-state index in [9.17, 15) is 0 Å². The molecule has 9 heavy (non-hydrogen) atoms. The standard InChI is InChI=1S/C6H4N2Se/c1-2-4-6-5(3-1)7-8(6)9-7/h1-4H. The molecule has 1 aromatic carbocycles. The first kappa shape index (κ1) is 4.20. The van der Waals surface area contributed by atoms with Gasteiger partial charge in [0.25, 0.3) is 0 Å². The molecule has 2 heterocycles. The van der Waals surface area contributed by atoms with E-state index in [0.29, 0.717) is 15.0 Å². The van der Waals surface area contributed by atoms with Crippen molar-refractivity contribution in [3.8, 4) is 0 Å². The molecule has 3 rings (SSSR count). The zero-order valence-electron chi connectivity index (χ0n) is 4.61. The minimum absolute atomic E-state index is 0.629. The number of rotatable bonds is 0. The van der Waals surface area contributed by atoms with Gasteiger partial charge in [-0.2, -0.15) is 0 Å². The zero-order chi connectivity index (χ0) is 5.84. The van der Waals surface area contributed by atoms with Crippen molar-refractivity contribution in [2.75, 3.05) is 0 Å². The third kappa shape index (κ3) is 0.353. The fourth-order valence-corrected chi connectivity index (χ4v) is 2.71. The minimum atomic E-state index is 0.629. The van der Waals surface area contributed by atoms with Gasteiger partial charge in [0.1, 0.15) is 0 Å². The summed E-state index contributed by atoms with van der Waals surface area (Å²) < 4.78 is 4.62. The van der Waals surface area contributed by atoms with Gasteiger partial charge in [-0.1, -0.05) is 0 Å². The van der Waals surface area contributed by atoms with Crippen LogP contribution in [0.1, 0.15) is 0 Å². The third-order valence-electron chi connectivity index (χ3n) is 1.59. The van der Waals surface area contributed by atoms with Crippen LogP contribution < -0.4 is 0 Å². The van der Waals surface area contributed by atoms with E-state index in [2.05, 4.69) is 31.3 Å². The SMILES string of the molecule is c1ccc2c(c1)n1[se]n21. The Morgan fingerprint density at radius 3 is 2.11 bits per heavy atom. The normalized spacial score (nSPS) is 12.4. The molecule has 3 heteroatoms. The molecule has 0 aliphatic carbocycles. The molecule has 44 valence electrons. The summed E-state index contributed by atoms with van der Waals surface area (Å²) >= 11 is 0.629. The fraction of sp³-hybridized carbons (Fsp3) is 0. The van der Waals surface area contributed by atoms with Crippen LogP contribution in [0.4, 0.5) is 0 Å².